The van der Waals surface area contributed by atoms with E-state index in [-0.39, 0.29) is 48.5 Å². The number of hydrogen-bond acceptors (Lipinski definition) is 5. The number of benzene rings is 2. The van der Waals surface area contributed by atoms with Crippen LogP contribution >= 0.6 is 15.9 Å². The van der Waals surface area contributed by atoms with Crippen molar-refractivity contribution in [3.8, 4) is 0 Å². The van der Waals surface area contributed by atoms with Crippen LogP contribution in [0.15, 0.2) is 46.9 Å². The van der Waals surface area contributed by atoms with Gasteiger partial charge in [0.1, 0.15) is 0 Å². The number of nitro groups is 1. The maximum atomic E-state index is 12.3. The fourth-order valence-electron chi connectivity index (χ4n) is 2.78. The number of non-ortho nitro benzene ring substituents is 1. The van der Waals surface area contributed by atoms with Gasteiger partial charge in [0.05, 0.1) is 21.7 Å². The Labute approximate surface area is 162 Å². The molecular weight excluding hydrogens is 418 g/mol. The smallest absolute Gasteiger partial charge is 0.271 e. The van der Waals surface area contributed by atoms with Gasteiger partial charge in [0.15, 0.2) is 0 Å². The lowest BCUT2D eigenvalue weighted by Gasteiger charge is -2.13. The van der Waals surface area contributed by atoms with E-state index in [1.807, 2.05) is 0 Å². The second-order valence-corrected chi connectivity index (χ2v) is 6.73. The van der Waals surface area contributed by atoms with Crippen molar-refractivity contribution in [1.29, 1.82) is 0 Å². The molecule has 9 heteroatoms. The summed E-state index contributed by atoms with van der Waals surface area (Å²) in [6.45, 7) is 0.121. The Morgan fingerprint density at radius 3 is 2.33 bits per heavy atom. The number of imide groups is 1. The van der Waals surface area contributed by atoms with Gasteiger partial charge in [-0.3, -0.25) is 29.4 Å². The summed E-state index contributed by atoms with van der Waals surface area (Å²) in [5, 5.41) is 13.4. The summed E-state index contributed by atoms with van der Waals surface area (Å²) in [6, 6.07) is 10.6. The van der Waals surface area contributed by atoms with Crippen molar-refractivity contribution in [2.45, 2.75) is 12.8 Å². The van der Waals surface area contributed by atoms with E-state index in [1.54, 1.807) is 24.3 Å². The number of carbonyl (C=O) groups excluding carboxylic acids is 3. The highest BCUT2D eigenvalue weighted by Gasteiger charge is 2.34. The van der Waals surface area contributed by atoms with Crippen LogP contribution in [0.2, 0.25) is 0 Å². The first-order valence-corrected chi connectivity index (χ1v) is 8.87. The van der Waals surface area contributed by atoms with Gasteiger partial charge in [-0.15, -0.1) is 0 Å². The number of nitro benzene ring substituents is 1. The summed E-state index contributed by atoms with van der Waals surface area (Å²) < 4.78 is 0.516. The van der Waals surface area contributed by atoms with E-state index in [9.17, 15) is 24.5 Å². The molecule has 2 aromatic carbocycles. The van der Waals surface area contributed by atoms with Crippen molar-refractivity contribution in [2.75, 3.05) is 11.9 Å². The fourth-order valence-corrected chi connectivity index (χ4v) is 3.12. The van der Waals surface area contributed by atoms with Crippen molar-refractivity contribution >= 4 is 45.0 Å². The van der Waals surface area contributed by atoms with Crippen LogP contribution in [0.25, 0.3) is 0 Å². The highest BCUT2D eigenvalue weighted by atomic mass is 79.9. The van der Waals surface area contributed by atoms with Gasteiger partial charge in [0, 0.05) is 29.6 Å². The van der Waals surface area contributed by atoms with Crippen LogP contribution in [-0.2, 0) is 4.79 Å². The Bertz CT molecular complexity index is 925. The molecule has 0 saturated carbocycles. The van der Waals surface area contributed by atoms with Crippen LogP contribution < -0.4 is 5.32 Å². The molecule has 1 heterocycles. The average Bonchev–Trinajstić information content (AvgIpc) is 2.88. The zero-order chi connectivity index (χ0) is 19.6. The van der Waals surface area contributed by atoms with Crippen molar-refractivity contribution < 1.29 is 19.3 Å². The molecule has 0 bridgehead atoms. The fraction of sp³-hybridized carbons (Fsp3) is 0.167. The molecule has 8 nitrogen and oxygen atoms in total. The van der Waals surface area contributed by atoms with E-state index in [1.165, 1.54) is 18.2 Å². The standard InChI is InChI=1S/C18H14BrN3O5/c19-14-8-7-11(22(26)27)10-15(14)20-16(23)6-3-9-21-17(24)12-4-1-2-5-13(12)18(21)25/h1-2,4-5,7-8,10H,3,6,9H2,(H,20,23). The molecule has 1 aliphatic heterocycles. The first kappa shape index (κ1) is 18.7. The van der Waals surface area contributed by atoms with Gasteiger partial charge in [-0.1, -0.05) is 12.1 Å². The minimum atomic E-state index is -0.551. The summed E-state index contributed by atoms with van der Waals surface area (Å²) >= 11 is 3.23. The van der Waals surface area contributed by atoms with Gasteiger partial charge in [0.2, 0.25) is 5.91 Å². The number of halogens is 1. The second-order valence-electron chi connectivity index (χ2n) is 5.88. The van der Waals surface area contributed by atoms with Crippen LogP contribution in [0, 0.1) is 10.1 Å². The van der Waals surface area contributed by atoms with Gasteiger partial charge in [-0.25, -0.2) is 0 Å². The molecule has 0 spiro atoms. The average molecular weight is 432 g/mol. The summed E-state index contributed by atoms with van der Waals surface area (Å²) in [5.41, 5.74) is 0.884. The Hall–Kier alpha value is -3.07. The SMILES string of the molecule is O=C(CCCN1C(=O)c2ccccc2C1=O)Nc1cc([N+](=O)[O-])ccc1Br. The third-order valence-corrected chi connectivity index (χ3v) is 4.79. The normalized spacial score (nSPS) is 12.9. The predicted molar refractivity (Wildman–Crippen MR) is 100 cm³/mol. The van der Waals surface area contributed by atoms with Crippen LogP contribution in [0.3, 0.4) is 0 Å². The van der Waals surface area contributed by atoms with Crippen LogP contribution in [-0.4, -0.2) is 34.1 Å². The molecular formula is C18H14BrN3O5. The van der Waals surface area contributed by atoms with Crippen LogP contribution in [0.5, 0.6) is 0 Å². The molecule has 0 aliphatic carbocycles. The number of rotatable bonds is 6. The van der Waals surface area contributed by atoms with Crippen LogP contribution in [0.4, 0.5) is 11.4 Å². The molecule has 0 atom stereocenters. The molecule has 0 radical (unpaired) electrons. The summed E-state index contributed by atoms with van der Waals surface area (Å²) in [5.74, 6) is -1.09. The number of fused-ring (bicyclic) bond motifs is 1. The highest BCUT2D eigenvalue weighted by molar-refractivity contribution is 9.10. The van der Waals surface area contributed by atoms with Gasteiger partial charge < -0.3 is 5.32 Å². The Morgan fingerprint density at radius 2 is 1.74 bits per heavy atom. The lowest BCUT2D eigenvalue weighted by atomic mass is 10.1. The van der Waals surface area contributed by atoms with Gasteiger partial charge in [0.25, 0.3) is 17.5 Å². The molecule has 1 aliphatic rings. The molecule has 0 fully saturated rings. The van der Waals surface area contributed by atoms with E-state index < -0.39 is 4.92 Å². The van der Waals surface area contributed by atoms with E-state index in [4.69, 9.17) is 0 Å². The van der Waals surface area contributed by atoms with Crippen molar-refractivity contribution in [3.63, 3.8) is 0 Å². The number of nitrogens with zero attached hydrogens (tertiary/aromatic N) is 2. The number of hydrogen-bond donors (Lipinski definition) is 1. The van der Waals surface area contributed by atoms with Crippen molar-refractivity contribution in [1.82, 2.24) is 4.90 Å². The second kappa shape index (κ2) is 7.67. The quantitative estimate of drug-likeness (QED) is 0.428. The third kappa shape index (κ3) is 3.87. The van der Waals surface area contributed by atoms with E-state index in [0.29, 0.717) is 15.6 Å². The Kier molecular flexibility index (Phi) is 5.31. The molecule has 1 N–H and O–H groups in total. The molecule has 0 unspecified atom stereocenters. The highest BCUT2D eigenvalue weighted by Crippen LogP contribution is 2.27. The molecule has 3 amide bonds. The van der Waals surface area contributed by atoms with Crippen molar-refractivity contribution in [3.05, 3.63) is 68.2 Å². The first-order valence-electron chi connectivity index (χ1n) is 8.07. The Morgan fingerprint density at radius 1 is 1.11 bits per heavy atom. The zero-order valence-electron chi connectivity index (χ0n) is 14.0. The predicted octanol–water partition coefficient (Wildman–Crippen LogP) is 3.37. The van der Waals surface area contributed by atoms with Gasteiger partial charge in [-0.2, -0.15) is 0 Å². The van der Waals surface area contributed by atoms with Gasteiger partial charge >= 0.3 is 0 Å². The molecule has 0 aromatic heterocycles. The third-order valence-electron chi connectivity index (χ3n) is 4.10. The lowest BCUT2D eigenvalue weighted by molar-refractivity contribution is -0.384. The summed E-state index contributed by atoms with van der Waals surface area (Å²) in [7, 11) is 0. The van der Waals surface area contributed by atoms with E-state index >= 15 is 0 Å². The van der Waals surface area contributed by atoms with Crippen LogP contribution in [0.1, 0.15) is 33.6 Å². The van der Waals surface area contributed by atoms with Gasteiger partial charge in [-0.05, 0) is 40.5 Å². The summed E-state index contributed by atoms with van der Waals surface area (Å²) in [6.07, 6.45) is 0.340. The monoisotopic (exact) mass is 431 g/mol. The van der Waals surface area contributed by atoms with E-state index in [2.05, 4.69) is 21.2 Å². The molecule has 27 heavy (non-hydrogen) atoms. The number of anilines is 1. The Balaban J connectivity index is 1.57. The molecule has 0 saturated heterocycles. The van der Waals surface area contributed by atoms with E-state index in [0.717, 1.165) is 4.90 Å². The zero-order valence-corrected chi connectivity index (χ0v) is 15.6. The number of nitrogens with one attached hydrogen (secondary N) is 1. The molecule has 3 rings (SSSR count). The molecule has 2 aromatic rings. The molecule has 138 valence electrons. The minimum absolute atomic E-state index is 0.0581. The minimum Gasteiger partial charge on any atom is -0.325 e. The largest absolute Gasteiger partial charge is 0.325 e. The number of amides is 3. The maximum Gasteiger partial charge on any atom is 0.271 e. The number of carbonyl (C=O) groups is 3. The van der Waals surface area contributed by atoms with Crippen molar-refractivity contribution in [2.24, 2.45) is 0 Å². The first-order chi connectivity index (χ1) is 12.9. The summed E-state index contributed by atoms with van der Waals surface area (Å²) in [4.78, 5) is 48.0. The topological polar surface area (TPSA) is 110 Å². The lowest BCUT2D eigenvalue weighted by Crippen LogP contribution is -2.31. The maximum absolute atomic E-state index is 12.3.